The second-order valence-corrected chi connectivity index (χ2v) is 2.37. The van der Waals surface area contributed by atoms with Gasteiger partial charge in [0.15, 0.2) is 0 Å². The first-order chi connectivity index (χ1) is 5.81. The first kappa shape index (κ1) is 11.0. The van der Waals surface area contributed by atoms with Crippen LogP contribution in [0.1, 0.15) is 13.8 Å². The highest BCUT2D eigenvalue weighted by Crippen LogP contribution is 1.95. The van der Waals surface area contributed by atoms with Gasteiger partial charge in [0.25, 0.3) is 0 Å². The molecule has 1 rings (SSSR count). The average Bonchev–Trinajstić information content (AvgIpc) is 2.08. The number of hydrogen-bond donors (Lipinski definition) is 2. The van der Waals surface area contributed by atoms with Crippen LogP contribution in [-0.2, 0) is 0 Å². The highest BCUT2D eigenvalue weighted by atomic mass is 14.8. The zero-order chi connectivity index (χ0) is 9.23. The van der Waals surface area contributed by atoms with Crippen molar-refractivity contribution in [1.82, 2.24) is 5.32 Å². The van der Waals surface area contributed by atoms with Crippen molar-refractivity contribution in [3.05, 3.63) is 30.3 Å². The van der Waals surface area contributed by atoms with Crippen LogP contribution in [0.5, 0.6) is 0 Å². The van der Waals surface area contributed by atoms with E-state index in [0.717, 1.165) is 18.8 Å². The SMILES string of the molecule is CCNCC.Nc1ccccc1. The Morgan fingerprint density at radius 2 is 1.58 bits per heavy atom. The van der Waals surface area contributed by atoms with Gasteiger partial charge in [-0.2, -0.15) is 0 Å². The Morgan fingerprint density at radius 3 is 1.75 bits per heavy atom. The average molecular weight is 166 g/mol. The third kappa shape index (κ3) is 7.09. The Balaban J connectivity index is 0.000000217. The van der Waals surface area contributed by atoms with Gasteiger partial charge in [0.2, 0.25) is 0 Å². The van der Waals surface area contributed by atoms with Gasteiger partial charge in [0, 0.05) is 5.69 Å². The fourth-order valence-corrected chi connectivity index (χ4v) is 0.703. The van der Waals surface area contributed by atoms with Crippen LogP contribution in [0.3, 0.4) is 0 Å². The number of para-hydroxylation sites is 1. The van der Waals surface area contributed by atoms with Crippen LogP contribution in [-0.4, -0.2) is 13.1 Å². The summed E-state index contributed by atoms with van der Waals surface area (Å²) in [6.07, 6.45) is 0. The van der Waals surface area contributed by atoms with E-state index in [0.29, 0.717) is 0 Å². The van der Waals surface area contributed by atoms with Gasteiger partial charge in [0.05, 0.1) is 0 Å². The Morgan fingerprint density at radius 1 is 1.08 bits per heavy atom. The summed E-state index contributed by atoms with van der Waals surface area (Å²) in [5.74, 6) is 0. The first-order valence-electron chi connectivity index (χ1n) is 4.32. The van der Waals surface area contributed by atoms with E-state index >= 15 is 0 Å². The second-order valence-electron chi connectivity index (χ2n) is 2.37. The van der Waals surface area contributed by atoms with Crippen LogP contribution in [0.2, 0.25) is 0 Å². The molecule has 0 spiro atoms. The van der Waals surface area contributed by atoms with Gasteiger partial charge >= 0.3 is 0 Å². The van der Waals surface area contributed by atoms with Gasteiger partial charge in [-0.25, -0.2) is 0 Å². The van der Waals surface area contributed by atoms with Crippen molar-refractivity contribution in [2.24, 2.45) is 0 Å². The van der Waals surface area contributed by atoms with Crippen molar-refractivity contribution in [3.8, 4) is 0 Å². The largest absolute Gasteiger partial charge is 0.399 e. The van der Waals surface area contributed by atoms with Crippen LogP contribution >= 0.6 is 0 Å². The van der Waals surface area contributed by atoms with Crippen molar-refractivity contribution >= 4 is 5.69 Å². The lowest BCUT2D eigenvalue weighted by Crippen LogP contribution is -2.09. The molecule has 3 N–H and O–H groups in total. The molecule has 0 amide bonds. The topological polar surface area (TPSA) is 38.0 Å². The molecule has 0 aliphatic heterocycles. The van der Waals surface area contributed by atoms with Gasteiger partial charge < -0.3 is 11.1 Å². The molecule has 0 heterocycles. The molecule has 0 unspecified atom stereocenters. The highest BCUT2D eigenvalue weighted by Gasteiger charge is 1.72. The van der Waals surface area contributed by atoms with Crippen LogP contribution < -0.4 is 11.1 Å². The molecule has 0 saturated carbocycles. The minimum absolute atomic E-state index is 0.822. The summed E-state index contributed by atoms with van der Waals surface area (Å²) < 4.78 is 0. The fourth-order valence-electron chi connectivity index (χ4n) is 0.703. The molecular weight excluding hydrogens is 148 g/mol. The zero-order valence-corrected chi connectivity index (χ0v) is 7.88. The van der Waals surface area contributed by atoms with E-state index in [9.17, 15) is 0 Å². The molecule has 1 aromatic carbocycles. The summed E-state index contributed by atoms with van der Waals surface area (Å²) in [7, 11) is 0. The molecule has 0 aliphatic carbocycles. The van der Waals surface area contributed by atoms with Gasteiger partial charge in [-0.15, -0.1) is 0 Å². The van der Waals surface area contributed by atoms with Gasteiger partial charge in [-0.05, 0) is 25.2 Å². The molecule has 2 nitrogen and oxygen atoms in total. The fraction of sp³-hybridized carbons (Fsp3) is 0.400. The monoisotopic (exact) mass is 166 g/mol. The number of rotatable bonds is 2. The normalized spacial score (nSPS) is 8.50. The predicted octanol–water partition coefficient (Wildman–Crippen LogP) is 1.88. The van der Waals surface area contributed by atoms with Gasteiger partial charge in [-0.3, -0.25) is 0 Å². The predicted molar refractivity (Wildman–Crippen MR) is 55.1 cm³/mol. The molecule has 0 aromatic heterocycles. The van der Waals surface area contributed by atoms with Crippen molar-refractivity contribution in [2.75, 3.05) is 18.8 Å². The number of anilines is 1. The second kappa shape index (κ2) is 8.08. The van der Waals surface area contributed by atoms with E-state index in [1.807, 2.05) is 30.3 Å². The quantitative estimate of drug-likeness (QED) is 0.658. The standard InChI is InChI=1S/C6H7N.C4H11N/c7-6-4-2-1-3-5-6;1-3-5-4-2/h1-5H,7H2;5H,3-4H2,1-2H3. The zero-order valence-electron chi connectivity index (χ0n) is 7.88. The molecule has 0 radical (unpaired) electrons. The van der Waals surface area contributed by atoms with E-state index in [2.05, 4.69) is 19.2 Å². The van der Waals surface area contributed by atoms with Crippen molar-refractivity contribution < 1.29 is 0 Å². The smallest absolute Gasteiger partial charge is 0.0313 e. The summed E-state index contributed by atoms with van der Waals surface area (Å²) in [4.78, 5) is 0. The van der Waals surface area contributed by atoms with Crippen LogP contribution in [0, 0.1) is 0 Å². The number of benzene rings is 1. The number of nitrogen functional groups attached to an aromatic ring is 1. The molecule has 0 atom stereocenters. The van der Waals surface area contributed by atoms with Crippen molar-refractivity contribution in [1.29, 1.82) is 0 Å². The minimum Gasteiger partial charge on any atom is -0.399 e. The van der Waals surface area contributed by atoms with Crippen molar-refractivity contribution in [3.63, 3.8) is 0 Å². The molecule has 1 aromatic rings. The van der Waals surface area contributed by atoms with E-state index in [1.165, 1.54) is 0 Å². The number of nitrogens with one attached hydrogen (secondary N) is 1. The maximum atomic E-state index is 5.36. The van der Waals surface area contributed by atoms with Crippen LogP contribution in [0.15, 0.2) is 30.3 Å². The summed E-state index contributed by atoms with van der Waals surface area (Å²) in [6.45, 7) is 6.39. The molecule has 0 fully saturated rings. The maximum absolute atomic E-state index is 5.36. The van der Waals surface area contributed by atoms with E-state index in [4.69, 9.17) is 5.73 Å². The lowest BCUT2D eigenvalue weighted by atomic mass is 10.3. The molecule has 68 valence electrons. The molecule has 0 saturated heterocycles. The van der Waals surface area contributed by atoms with Crippen LogP contribution in [0.4, 0.5) is 5.69 Å². The Hall–Kier alpha value is -1.02. The third-order valence-corrected chi connectivity index (χ3v) is 1.30. The molecule has 12 heavy (non-hydrogen) atoms. The minimum atomic E-state index is 0.822. The highest BCUT2D eigenvalue weighted by molar-refractivity contribution is 5.35. The summed E-state index contributed by atoms with van der Waals surface area (Å²) in [6, 6.07) is 9.49. The Kier molecular flexibility index (Phi) is 7.39. The Labute approximate surface area is 74.8 Å². The number of nitrogens with two attached hydrogens (primary N) is 1. The summed E-state index contributed by atoms with van der Waals surface area (Å²) in [5.41, 5.74) is 6.18. The van der Waals surface area contributed by atoms with Gasteiger partial charge in [0.1, 0.15) is 0 Å². The summed E-state index contributed by atoms with van der Waals surface area (Å²) in [5, 5.41) is 3.11. The molecule has 2 heteroatoms. The van der Waals surface area contributed by atoms with Crippen molar-refractivity contribution in [2.45, 2.75) is 13.8 Å². The third-order valence-electron chi connectivity index (χ3n) is 1.30. The number of hydrogen-bond acceptors (Lipinski definition) is 2. The molecule has 0 bridgehead atoms. The lowest BCUT2D eigenvalue weighted by molar-refractivity contribution is 0.762. The Bertz CT molecular complexity index is 170. The van der Waals surface area contributed by atoms with Gasteiger partial charge in [-0.1, -0.05) is 32.0 Å². The molecular formula is C10H18N2. The van der Waals surface area contributed by atoms with Crippen LogP contribution in [0.25, 0.3) is 0 Å². The van der Waals surface area contributed by atoms with E-state index in [1.54, 1.807) is 0 Å². The van der Waals surface area contributed by atoms with E-state index in [-0.39, 0.29) is 0 Å². The summed E-state index contributed by atoms with van der Waals surface area (Å²) >= 11 is 0. The first-order valence-corrected chi connectivity index (χ1v) is 4.32. The maximum Gasteiger partial charge on any atom is 0.0313 e. The molecule has 0 aliphatic rings. The lowest BCUT2D eigenvalue weighted by Gasteiger charge is -1.86. The van der Waals surface area contributed by atoms with E-state index < -0.39 is 0 Å².